The van der Waals surface area contributed by atoms with Crippen LogP contribution in [0.5, 0.6) is 5.75 Å². The number of hydrogen-bond donors (Lipinski definition) is 0. The van der Waals surface area contributed by atoms with Crippen LogP contribution in [0.3, 0.4) is 0 Å². The number of fused-ring (bicyclic) bond motifs is 1. The van der Waals surface area contributed by atoms with Crippen molar-refractivity contribution in [3.05, 3.63) is 59.2 Å². The van der Waals surface area contributed by atoms with E-state index in [-0.39, 0.29) is 0 Å². The van der Waals surface area contributed by atoms with Gasteiger partial charge in [0.2, 0.25) is 0 Å². The summed E-state index contributed by atoms with van der Waals surface area (Å²) in [5, 5.41) is 2.31. The Bertz CT molecular complexity index is 894. The van der Waals surface area contributed by atoms with Crippen molar-refractivity contribution >= 4 is 26.7 Å². The Morgan fingerprint density at radius 3 is 2.81 bits per heavy atom. The summed E-state index contributed by atoms with van der Waals surface area (Å²) in [6.45, 7) is 5.30. The SMILES string of the molecule is CCN1CCCC1COc1ccc2c(-c3ccc(Br)cc3)nccc2c1. The second-order valence-electron chi connectivity index (χ2n) is 6.79. The van der Waals surface area contributed by atoms with Crippen LogP contribution in [-0.2, 0) is 0 Å². The van der Waals surface area contributed by atoms with E-state index in [0.717, 1.165) is 45.4 Å². The molecule has 1 atom stereocenters. The lowest BCUT2D eigenvalue weighted by atomic mass is 10.0. The number of aromatic nitrogens is 1. The van der Waals surface area contributed by atoms with Crippen LogP contribution in [0.25, 0.3) is 22.0 Å². The van der Waals surface area contributed by atoms with Crippen molar-refractivity contribution in [3.8, 4) is 17.0 Å². The van der Waals surface area contributed by atoms with E-state index in [1.807, 2.05) is 6.20 Å². The summed E-state index contributed by atoms with van der Waals surface area (Å²) in [7, 11) is 0. The second-order valence-corrected chi connectivity index (χ2v) is 7.70. The van der Waals surface area contributed by atoms with E-state index in [0.29, 0.717) is 6.04 Å². The van der Waals surface area contributed by atoms with Gasteiger partial charge in [0.25, 0.3) is 0 Å². The number of benzene rings is 2. The number of ether oxygens (including phenoxy) is 1. The minimum absolute atomic E-state index is 0.548. The molecule has 0 radical (unpaired) electrons. The Balaban J connectivity index is 1.57. The van der Waals surface area contributed by atoms with Gasteiger partial charge in [-0.15, -0.1) is 0 Å². The van der Waals surface area contributed by atoms with Gasteiger partial charge in [-0.05, 0) is 67.7 Å². The number of likely N-dealkylation sites (N-methyl/N-ethyl adjacent to an activating group) is 1. The van der Waals surface area contributed by atoms with Gasteiger partial charge in [-0.3, -0.25) is 9.88 Å². The molecule has 0 amide bonds. The van der Waals surface area contributed by atoms with Gasteiger partial charge in [-0.1, -0.05) is 35.0 Å². The fraction of sp³-hybridized carbons (Fsp3) is 0.318. The van der Waals surface area contributed by atoms with E-state index in [4.69, 9.17) is 4.74 Å². The molecule has 0 bridgehead atoms. The lowest BCUT2D eigenvalue weighted by Crippen LogP contribution is -2.33. The summed E-state index contributed by atoms with van der Waals surface area (Å²) in [6, 6.07) is 17.2. The zero-order chi connectivity index (χ0) is 17.9. The minimum atomic E-state index is 0.548. The lowest BCUT2D eigenvalue weighted by molar-refractivity contribution is 0.179. The first-order valence-corrected chi connectivity index (χ1v) is 10.1. The number of rotatable bonds is 5. The average Bonchev–Trinajstić information content (AvgIpc) is 3.14. The maximum atomic E-state index is 6.12. The quantitative estimate of drug-likeness (QED) is 0.552. The van der Waals surface area contributed by atoms with E-state index in [9.17, 15) is 0 Å². The van der Waals surface area contributed by atoms with E-state index >= 15 is 0 Å². The predicted octanol–water partition coefficient (Wildman–Crippen LogP) is 5.53. The van der Waals surface area contributed by atoms with E-state index in [1.54, 1.807) is 0 Å². The van der Waals surface area contributed by atoms with Crippen LogP contribution in [0.4, 0.5) is 0 Å². The highest BCUT2D eigenvalue weighted by atomic mass is 79.9. The molecule has 3 aromatic rings. The molecule has 1 aliphatic heterocycles. The summed E-state index contributed by atoms with van der Waals surface area (Å²) in [5.41, 5.74) is 2.13. The number of likely N-dealkylation sites (tertiary alicyclic amines) is 1. The van der Waals surface area contributed by atoms with Crippen molar-refractivity contribution in [2.45, 2.75) is 25.8 Å². The van der Waals surface area contributed by atoms with Crippen LogP contribution in [0.1, 0.15) is 19.8 Å². The first kappa shape index (κ1) is 17.5. The Morgan fingerprint density at radius 2 is 2.00 bits per heavy atom. The summed E-state index contributed by atoms with van der Waals surface area (Å²) in [4.78, 5) is 7.11. The third-order valence-electron chi connectivity index (χ3n) is 5.20. The fourth-order valence-corrected chi connectivity index (χ4v) is 4.04. The van der Waals surface area contributed by atoms with Crippen LogP contribution < -0.4 is 4.74 Å². The molecule has 134 valence electrons. The first-order chi connectivity index (χ1) is 12.7. The van der Waals surface area contributed by atoms with Gasteiger partial charge in [0.1, 0.15) is 12.4 Å². The maximum Gasteiger partial charge on any atom is 0.120 e. The molecule has 0 spiro atoms. The molecule has 1 fully saturated rings. The summed E-state index contributed by atoms with van der Waals surface area (Å²) in [6.07, 6.45) is 4.39. The van der Waals surface area contributed by atoms with Crippen LogP contribution >= 0.6 is 15.9 Å². The van der Waals surface area contributed by atoms with Gasteiger partial charge in [0, 0.05) is 27.7 Å². The number of pyridine rings is 1. The third-order valence-corrected chi connectivity index (χ3v) is 5.73. The Morgan fingerprint density at radius 1 is 1.15 bits per heavy atom. The number of nitrogens with zero attached hydrogens (tertiary/aromatic N) is 2. The molecule has 4 rings (SSSR count). The molecule has 0 saturated carbocycles. The molecule has 1 unspecified atom stereocenters. The molecule has 0 N–H and O–H groups in total. The highest BCUT2D eigenvalue weighted by Gasteiger charge is 2.23. The zero-order valence-corrected chi connectivity index (χ0v) is 16.6. The van der Waals surface area contributed by atoms with Crippen molar-refractivity contribution in [1.29, 1.82) is 0 Å². The van der Waals surface area contributed by atoms with E-state index in [2.05, 4.69) is 81.3 Å². The fourth-order valence-electron chi connectivity index (χ4n) is 3.78. The summed E-state index contributed by atoms with van der Waals surface area (Å²) in [5.74, 6) is 0.938. The van der Waals surface area contributed by atoms with Gasteiger partial charge >= 0.3 is 0 Å². The van der Waals surface area contributed by atoms with Gasteiger partial charge < -0.3 is 4.74 Å². The molecule has 3 nitrogen and oxygen atoms in total. The van der Waals surface area contributed by atoms with Crippen molar-refractivity contribution in [2.75, 3.05) is 19.7 Å². The van der Waals surface area contributed by atoms with Crippen molar-refractivity contribution in [1.82, 2.24) is 9.88 Å². The van der Waals surface area contributed by atoms with Crippen molar-refractivity contribution in [3.63, 3.8) is 0 Å². The van der Waals surface area contributed by atoms with E-state index < -0.39 is 0 Å². The van der Waals surface area contributed by atoms with Gasteiger partial charge in [-0.2, -0.15) is 0 Å². The molecule has 2 heterocycles. The molecule has 1 aliphatic rings. The highest BCUT2D eigenvalue weighted by Crippen LogP contribution is 2.30. The maximum absolute atomic E-state index is 6.12. The predicted molar refractivity (Wildman–Crippen MR) is 111 cm³/mol. The average molecular weight is 411 g/mol. The normalized spacial score (nSPS) is 17.7. The molecular weight excluding hydrogens is 388 g/mol. The largest absolute Gasteiger partial charge is 0.492 e. The molecule has 1 saturated heterocycles. The monoisotopic (exact) mass is 410 g/mol. The Hall–Kier alpha value is -1.91. The standard InChI is InChI=1S/C22H23BrN2O/c1-2-25-13-3-4-19(25)15-26-20-9-10-21-17(14-20)11-12-24-22(21)16-5-7-18(23)8-6-16/h5-12,14,19H,2-4,13,15H2,1H3. The van der Waals surface area contributed by atoms with E-state index in [1.165, 1.54) is 19.4 Å². The first-order valence-electron chi connectivity index (χ1n) is 9.26. The summed E-state index contributed by atoms with van der Waals surface area (Å²) < 4.78 is 7.20. The molecule has 26 heavy (non-hydrogen) atoms. The summed E-state index contributed by atoms with van der Waals surface area (Å²) >= 11 is 3.49. The molecule has 2 aromatic carbocycles. The smallest absolute Gasteiger partial charge is 0.120 e. The van der Waals surface area contributed by atoms with Gasteiger partial charge in [-0.25, -0.2) is 0 Å². The Labute approximate surface area is 163 Å². The number of hydrogen-bond acceptors (Lipinski definition) is 3. The highest BCUT2D eigenvalue weighted by molar-refractivity contribution is 9.10. The van der Waals surface area contributed by atoms with Crippen LogP contribution in [-0.4, -0.2) is 35.6 Å². The van der Waals surface area contributed by atoms with Crippen molar-refractivity contribution in [2.24, 2.45) is 0 Å². The molecular formula is C22H23BrN2O. The van der Waals surface area contributed by atoms with Crippen LogP contribution in [0.2, 0.25) is 0 Å². The lowest BCUT2D eigenvalue weighted by Gasteiger charge is -2.22. The third kappa shape index (κ3) is 3.62. The van der Waals surface area contributed by atoms with Gasteiger partial charge in [0.15, 0.2) is 0 Å². The molecule has 4 heteroatoms. The van der Waals surface area contributed by atoms with Crippen LogP contribution in [0.15, 0.2) is 59.2 Å². The topological polar surface area (TPSA) is 25.4 Å². The zero-order valence-electron chi connectivity index (χ0n) is 15.0. The molecule has 1 aromatic heterocycles. The van der Waals surface area contributed by atoms with Crippen LogP contribution in [0, 0.1) is 0 Å². The second kappa shape index (κ2) is 7.77. The molecule has 0 aliphatic carbocycles. The van der Waals surface area contributed by atoms with Crippen molar-refractivity contribution < 1.29 is 4.74 Å². The Kier molecular flexibility index (Phi) is 5.23. The minimum Gasteiger partial charge on any atom is -0.492 e. The van der Waals surface area contributed by atoms with Gasteiger partial charge in [0.05, 0.1) is 5.69 Å². The number of halogens is 1.